The van der Waals surface area contributed by atoms with E-state index in [2.05, 4.69) is 23.6 Å². The lowest BCUT2D eigenvalue weighted by Gasteiger charge is -2.25. The number of H-pyrrole nitrogens is 2. The van der Waals surface area contributed by atoms with Crippen LogP contribution < -0.4 is 5.73 Å². The molecular formula is C35H44N4O10S. The fourth-order valence-corrected chi connectivity index (χ4v) is 7.27. The number of esters is 3. The number of nitrogens with one attached hydrogen (secondary N) is 2. The smallest absolute Gasteiger partial charge is 0.328 e. The maximum absolute atomic E-state index is 12.2. The van der Waals surface area contributed by atoms with Crippen molar-refractivity contribution >= 4 is 55.7 Å². The molecule has 4 atom stereocenters. The molecule has 2 aromatic heterocycles. The van der Waals surface area contributed by atoms with Crippen molar-refractivity contribution in [2.45, 2.75) is 44.7 Å². The second kappa shape index (κ2) is 17.3. The van der Waals surface area contributed by atoms with E-state index in [0.717, 1.165) is 32.9 Å². The number of aromatic nitrogens is 2. The second-order valence-electron chi connectivity index (χ2n) is 12.3. The summed E-state index contributed by atoms with van der Waals surface area (Å²) in [6.07, 6.45) is 5.35. The SMILES string of the molecule is COC(=O)C[C@H]1COS(=O)(=O)C1.COC(=O)[C@@H](N)Cc1c[nH]c2ccccc12.COC(=O)[C@H](Cc1c[nH]c2ccccc12)N1C[C@@H](C)CC1=O. The highest BCUT2D eigenvalue weighted by Gasteiger charge is 2.37. The van der Waals surface area contributed by atoms with E-state index in [1.807, 2.05) is 67.8 Å². The third-order valence-corrected chi connectivity index (χ3v) is 9.89. The van der Waals surface area contributed by atoms with Crippen LogP contribution in [0.15, 0.2) is 60.9 Å². The van der Waals surface area contributed by atoms with Crippen molar-refractivity contribution in [3.05, 3.63) is 72.1 Å². The zero-order valence-corrected chi connectivity index (χ0v) is 29.4. The first-order valence-corrected chi connectivity index (χ1v) is 17.7. The number of benzene rings is 2. The molecule has 4 heterocycles. The first-order chi connectivity index (χ1) is 23.8. The summed E-state index contributed by atoms with van der Waals surface area (Å²) >= 11 is 0. The largest absolute Gasteiger partial charge is 0.469 e. The number of likely N-dealkylation sites (tertiary alicyclic amines) is 1. The highest BCUT2D eigenvalue weighted by Crippen LogP contribution is 2.26. The van der Waals surface area contributed by atoms with E-state index < -0.39 is 28.2 Å². The zero-order valence-electron chi connectivity index (χ0n) is 28.5. The number of nitrogens with zero attached hydrogens (tertiary/aromatic N) is 1. The van der Waals surface area contributed by atoms with Crippen LogP contribution in [0, 0.1) is 11.8 Å². The number of methoxy groups -OCH3 is 3. The summed E-state index contributed by atoms with van der Waals surface area (Å²) in [5, 5.41) is 2.18. The van der Waals surface area contributed by atoms with E-state index in [9.17, 15) is 27.6 Å². The second-order valence-corrected chi connectivity index (χ2v) is 14.0. The Morgan fingerprint density at radius 1 is 0.900 bits per heavy atom. The number of carbonyl (C=O) groups excluding carboxylic acids is 4. The minimum absolute atomic E-state index is 0.0303. The molecule has 0 aliphatic carbocycles. The molecule has 0 unspecified atom stereocenters. The normalized spacial score (nSPS) is 19.1. The van der Waals surface area contributed by atoms with Crippen molar-refractivity contribution in [2.24, 2.45) is 17.6 Å². The van der Waals surface area contributed by atoms with Gasteiger partial charge in [0.2, 0.25) is 5.91 Å². The van der Waals surface area contributed by atoms with Crippen molar-refractivity contribution in [3.8, 4) is 0 Å². The Hall–Kier alpha value is -4.73. The highest BCUT2D eigenvalue weighted by atomic mass is 32.2. The molecule has 2 fully saturated rings. The highest BCUT2D eigenvalue weighted by molar-refractivity contribution is 7.86. The van der Waals surface area contributed by atoms with Crippen LogP contribution in [0.5, 0.6) is 0 Å². The van der Waals surface area contributed by atoms with Crippen molar-refractivity contribution in [1.29, 1.82) is 0 Å². The Labute approximate surface area is 290 Å². The Morgan fingerprint density at radius 3 is 1.94 bits per heavy atom. The summed E-state index contributed by atoms with van der Waals surface area (Å²) in [5.41, 5.74) is 9.86. The molecule has 4 aromatic rings. The molecule has 14 nitrogen and oxygen atoms in total. The predicted octanol–water partition coefficient (Wildman–Crippen LogP) is 2.86. The number of rotatable bonds is 9. The molecule has 2 saturated heterocycles. The molecule has 15 heteroatoms. The molecule has 0 bridgehead atoms. The molecule has 0 spiro atoms. The minimum Gasteiger partial charge on any atom is -0.469 e. The first kappa shape index (κ1) is 38.1. The van der Waals surface area contributed by atoms with Gasteiger partial charge in [0.15, 0.2) is 0 Å². The monoisotopic (exact) mass is 712 g/mol. The zero-order chi connectivity index (χ0) is 36.4. The lowest BCUT2D eigenvalue weighted by Crippen LogP contribution is -2.44. The van der Waals surface area contributed by atoms with Gasteiger partial charge < -0.3 is 34.8 Å². The van der Waals surface area contributed by atoms with Gasteiger partial charge in [-0.2, -0.15) is 8.42 Å². The number of hydrogen-bond donors (Lipinski definition) is 3. The molecule has 0 radical (unpaired) electrons. The summed E-state index contributed by atoms with van der Waals surface area (Å²) in [6.45, 7) is 2.73. The Bertz CT molecular complexity index is 1900. The van der Waals surface area contributed by atoms with Gasteiger partial charge in [0.25, 0.3) is 10.1 Å². The van der Waals surface area contributed by atoms with E-state index in [1.54, 1.807) is 4.90 Å². The fraction of sp³-hybridized carbons (Fsp3) is 0.429. The van der Waals surface area contributed by atoms with Crippen molar-refractivity contribution in [2.75, 3.05) is 40.2 Å². The number of amides is 1. The van der Waals surface area contributed by atoms with Gasteiger partial charge in [0, 0.05) is 65.9 Å². The summed E-state index contributed by atoms with van der Waals surface area (Å²) in [6, 6.07) is 14.7. The van der Waals surface area contributed by atoms with Crippen molar-refractivity contribution in [3.63, 3.8) is 0 Å². The van der Waals surface area contributed by atoms with Crippen molar-refractivity contribution in [1.82, 2.24) is 14.9 Å². The average Bonchev–Trinajstić information content (AvgIpc) is 3.88. The van der Waals surface area contributed by atoms with Crippen LogP contribution in [0.25, 0.3) is 21.8 Å². The van der Waals surface area contributed by atoms with Crippen LogP contribution in [0.4, 0.5) is 0 Å². The molecule has 2 aromatic carbocycles. The van der Waals surface area contributed by atoms with Gasteiger partial charge in [0.05, 0.1) is 40.1 Å². The molecule has 50 heavy (non-hydrogen) atoms. The Balaban J connectivity index is 0.000000177. The Morgan fingerprint density at radius 2 is 1.46 bits per heavy atom. The topological polar surface area (TPSA) is 200 Å². The summed E-state index contributed by atoms with van der Waals surface area (Å²) in [5.74, 6) is -1.16. The number of para-hydroxylation sites is 2. The van der Waals surface area contributed by atoms with Crippen LogP contribution in [0.2, 0.25) is 0 Å². The van der Waals surface area contributed by atoms with Crippen LogP contribution in [-0.2, 0) is 60.5 Å². The lowest BCUT2D eigenvalue weighted by molar-refractivity contribution is -0.151. The molecule has 270 valence electrons. The molecule has 2 aliphatic rings. The number of aromatic amines is 2. The van der Waals surface area contributed by atoms with Gasteiger partial charge >= 0.3 is 17.9 Å². The molecule has 2 aliphatic heterocycles. The standard InChI is InChI=1S/C17H20N2O3.C12H14N2O2.C6H10O5S/c1-11-7-16(20)19(10-11)15(17(21)22-2)8-12-9-18-14-6-4-3-5-13(12)14;1-16-12(15)10(13)6-8-7-14-11-5-3-2-4-9(8)11;1-10-6(7)2-5-3-11-12(8,9)4-5/h3-6,9,11,15,18H,7-8,10H2,1-2H3;2-5,7,10,14H,6,13H2,1H3;5H,2-4H2,1H3/t11-,15-;10-;5-/m000/s1. The van der Waals surface area contributed by atoms with Gasteiger partial charge in [-0.15, -0.1) is 0 Å². The molecule has 1 amide bonds. The number of carbonyl (C=O) groups is 4. The van der Waals surface area contributed by atoms with Gasteiger partial charge in [-0.05, 0) is 29.2 Å². The van der Waals surface area contributed by atoms with E-state index in [1.165, 1.54) is 21.3 Å². The maximum Gasteiger partial charge on any atom is 0.328 e. The van der Waals surface area contributed by atoms with Gasteiger partial charge in [-0.3, -0.25) is 18.6 Å². The third kappa shape index (κ3) is 9.92. The molecule has 4 N–H and O–H groups in total. The summed E-state index contributed by atoms with van der Waals surface area (Å²) in [4.78, 5) is 54.3. The van der Waals surface area contributed by atoms with E-state index >= 15 is 0 Å². The number of nitrogens with two attached hydrogens (primary N) is 1. The van der Waals surface area contributed by atoms with Crippen LogP contribution >= 0.6 is 0 Å². The number of hydrogen-bond acceptors (Lipinski definition) is 11. The fourth-order valence-electron chi connectivity index (χ4n) is 5.98. The first-order valence-electron chi connectivity index (χ1n) is 16.1. The quantitative estimate of drug-likeness (QED) is 0.131. The lowest BCUT2D eigenvalue weighted by atomic mass is 10.0. The predicted molar refractivity (Wildman–Crippen MR) is 185 cm³/mol. The average molecular weight is 713 g/mol. The molecule has 6 rings (SSSR count). The van der Waals surface area contributed by atoms with E-state index in [-0.39, 0.29) is 48.5 Å². The van der Waals surface area contributed by atoms with Crippen LogP contribution in [-0.4, -0.2) is 99.4 Å². The van der Waals surface area contributed by atoms with Gasteiger partial charge in [-0.1, -0.05) is 43.3 Å². The Kier molecular flexibility index (Phi) is 13.2. The number of ether oxygens (including phenoxy) is 3. The van der Waals surface area contributed by atoms with Crippen molar-refractivity contribution < 1.29 is 46.0 Å². The van der Waals surface area contributed by atoms with E-state index in [0.29, 0.717) is 25.8 Å². The molecule has 0 saturated carbocycles. The molecular weight excluding hydrogens is 668 g/mol. The van der Waals surface area contributed by atoms with E-state index in [4.69, 9.17) is 10.5 Å². The van der Waals surface area contributed by atoms with Crippen LogP contribution in [0.3, 0.4) is 0 Å². The minimum atomic E-state index is -3.36. The third-order valence-electron chi connectivity index (χ3n) is 8.51. The summed E-state index contributed by atoms with van der Waals surface area (Å²) in [7, 11) is 0.628. The maximum atomic E-state index is 12.2. The number of fused-ring (bicyclic) bond motifs is 2. The summed E-state index contributed by atoms with van der Waals surface area (Å²) < 4.78 is 39.9. The van der Waals surface area contributed by atoms with Gasteiger partial charge in [0.1, 0.15) is 12.1 Å². The van der Waals surface area contributed by atoms with Crippen LogP contribution in [0.1, 0.15) is 30.9 Å². The van der Waals surface area contributed by atoms with Gasteiger partial charge in [-0.25, -0.2) is 4.79 Å².